The van der Waals surface area contributed by atoms with E-state index in [9.17, 15) is 9.59 Å². The molecule has 15 heavy (non-hydrogen) atoms. The number of carbonyl (C=O) groups is 1. The number of hydrogen-bond acceptors (Lipinski definition) is 4. The van der Waals surface area contributed by atoms with E-state index in [0.29, 0.717) is 26.2 Å². The van der Waals surface area contributed by atoms with Crippen LogP contribution in [0.2, 0.25) is 0 Å². The van der Waals surface area contributed by atoms with Gasteiger partial charge in [0.15, 0.2) is 0 Å². The van der Waals surface area contributed by atoms with Crippen molar-refractivity contribution in [2.45, 2.75) is 25.8 Å². The lowest BCUT2D eigenvalue weighted by atomic mass is 10.2. The van der Waals surface area contributed by atoms with E-state index in [4.69, 9.17) is 4.74 Å². The normalized spacial score (nSPS) is 21.1. The first-order valence-electron chi connectivity index (χ1n) is 5.31. The second-order valence-corrected chi connectivity index (χ2v) is 3.53. The van der Waals surface area contributed by atoms with Gasteiger partial charge in [0.1, 0.15) is 6.04 Å². The van der Waals surface area contributed by atoms with Crippen LogP contribution in [0.15, 0.2) is 0 Å². The van der Waals surface area contributed by atoms with E-state index in [1.54, 1.807) is 6.41 Å². The first-order valence-corrected chi connectivity index (χ1v) is 5.31. The summed E-state index contributed by atoms with van der Waals surface area (Å²) in [5.74, 6) is -0.334. The maximum Gasteiger partial charge on any atom is 0.330 e. The second-order valence-electron chi connectivity index (χ2n) is 3.53. The first kappa shape index (κ1) is 12.0. The van der Waals surface area contributed by atoms with Crippen LogP contribution in [0.5, 0.6) is 0 Å². The maximum absolute atomic E-state index is 11.6. The fraction of sp³-hybridized carbons (Fsp3) is 0.800. The lowest BCUT2D eigenvalue weighted by Gasteiger charge is -2.30. The highest BCUT2D eigenvalue weighted by molar-refractivity contribution is 5.78. The molecule has 85 valence electrons. The minimum Gasteiger partial charge on any atom is -0.464 e. The van der Waals surface area contributed by atoms with E-state index in [2.05, 4.69) is 5.32 Å². The lowest BCUT2D eigenvalue weighted by Crippen LogP contribution is -2.54. The van der Waals surface area contributed by atoms with Gasteiger partial charge in [0.25, 0.3) is 0 Å². The topological polar surface area (TPSA) is 58.6 Å². The van der Waals surface area contributed by atoms with Crippen LogP contribution in [0.3, 0.4) is 0 Å². The average molecular weight is 213 g/mol. The third-order valence-electron chi connectivity index (χ3n) is 2.37. The van der Waals surface area contributed by atoms with Crippen LogP contribution in [-0.4, -0.2) is 49.6 Å². The number of amides is 1. The Morgan fingerprint density at radius 1 is 1.67 bits per heavy atom. The molecule has 1 saturated heterocycles. The van der Waals surface area contributed by atoms with E-state index in [0.717, 1.165) is 12.8 Å². The number of rotatable bonds is 5. The van der Waals surface area contributed by atoms with Gasteiger partial charge in [-0.25, -0.2) is 4.79 Å². The van der Waals surface area contributed by atoms with E-state index in [1.807, 2.05) is 6.92 Å². The number of piperazine rings is 1. The highest BCUT2D eigenvalue weighted by Gasteiger charge is 2.29. The molecular weight excluding hydrogens is 196 g/mol. The van der Waals surface area contributed by atoms with Gasteiger partial charge in [-0.2, -0.15) is 0 Å². The van der Waals surface area contributed by atoms with E-state index < -0.39 is 6.04 Å². The molecule has 5 heteroatoms. The summed E-state index contributed by atoms with van der Waals surface area (Å²) in [5, 5.41) is 3.05. The van der Waals surface area contributed by atoms with Crippen molar-refractivity contribution in [2.75, 3.05) is 26.2 Å². The molecule has 1 N–H and O–H groups in total. The van der Waals surface area contributed by atoms with Crippen molar-refractivity contribution in [1.29, 1.82) is 0 Å². The van der Waals surface area contributed by atoms with Crippen LogP contribution in [0.25, 0.3) is 0 Å². The van der Waals surface area contributed by atoms with Gasteiger partial charge < -0.3 is 15.0 Å². The first-order chi connectivity index (χ1) is 7.29. The molecule has 0 saturated carbocycles. The van der Waals surface area contributed by atoms with Gasteiger partial charge in [0, 0.05) is 19.6 Å². The van der Waals surface area contributed by atoms with Gasteiger partial charge in [0.2, 0.25) is 0 Å². The predicted molar refractivity (Wildman–Crippen MR) is 54.9 cm³/mol. The number of carbonyl (C=O) groups excluding carboxylic acids is 2. The second kappa shape index (κ2) is 6.40. The molecule has 1 fully saturated rings. The number of nitrogens with zero attached hydrogens (tertiary/aromatic N) is 1. The molecule has 1 atom stereocenters. The summed E-state index contributed by atoms with van der Waals surface area (Å²) in [5.41, 5.74) is 0. The molecule has 5 nitrogen and oxygen atoms in total. The standard InChI is InChI=1S/C10H17N2O3/c1-2-3-6-15-10(14)9-7-11-4-5-12(9)8-13/h9,11H,2-7H2,1H3. The summed E-state index contributed by atoms with van der Waals surface area (Å²) in [7, 11) is 0. The van der Waals surface area contributed by atoms with Crippen molar-refractivity contribution in [3.8, 4) is 0 Å². The van der Waals surface area contributed by atoms with E-state index >= 15 is 0 Å². The molecule has 1 aliphatic heterocycles. The Labute approximate surface area is 89.8 Å². The van der Waals surface area contributed by atoms with E-state index in [1.165, 1.54) is 4.90 Å². The summed E-state index contributed by atoms with van der Waals surface area (Å²) in [4.78, 5) is 23.5. The zero-order valence-corrected chi connectivity index (χ0v) is 8.99. The number of hydrogen-bond donors (Lipinski definition) is 1. The summed E-state index contributed by atoms with van der Waals surface area (Å²) in [6, 6.07) is -0.506. The van der Waals surface area contributed by atoms with Crippen molar-refractivity contribution < 1.29 is 14.3 Å². The Bertz CT molecular complexity index is 221. The van der Waals surface area contributed by atoms with Gasteiger partial charge >= 0.3 is 12.4 Å². The molecule has 1 rings (SSSR count). The van der Waals surface area contributed by atoms with Gasteiger partial charge in [-0.05, 0) is 6.42 Å². The Hall–Kier alpha value is -1.10. The molecular formula is C10H17N2O3. The average Bonchev–Trinajstić information content (AvgIpc) is 2.29. The van der Waals surface area contributed by atoms with Gasteiger partial charge in [-0.15, -0.1) is 0 Å². The van der Waals surface area contributed by atoms with Crippen LogP contribution < -0.4 is 5.32 Å². The van der Waals surface area contributed by atoms with Crippen LogP contribution >= 0.6 is 0 Å². The number of esters is 1. The largest absolute Gasteiger partial charge is 0.464 e. The summed E-state index contributed by atoms with van der Waals surface area (Å²) in [6.45, 7) is 4.13. The minimum absolute atomic E-state index is 0.334. The van der Waals surface area contributed by atoms with Gasteiger partial charge in [0.05, 0.1) is 6.61 Å². The summed E-state index contributed by atoms with van der Waals surface area (Å²) >= 11 is 0. The van der Waals surface area contributed by atoms with Crippen molar-refractivity contribution >= 4 is 12.4 Å². The summed E-state index contributed by atoms with van der Waals surface area (Å²) in [6.07, 6.45) is 3.61. The molecule has 0 aliphatic carbocycles. The third kappa shape index (κ3) is 3.51. The Morgan fingerprint density at radius 2 is 2.47 bits per heavy atom. The highest BCUT2D eigenvalue weighted by atomic mass is 16.5. The SMILES string of the molecule is CCCCOC(=O)C1CNCCN1[C]=O. The number of unbranched alkanes of at least 4 members (excludes halogenated alkanes) is 1. The summed E-state index contributed by atoms with van der Waals surface area (Å²) < 4.78 is 5.05. The third-order valence-corrected chi connectivity index (χ3v) is 2.37. The lowest BCUT2D eigenvalue weighted by molar-refractivity contribution is -0.149. The maximum atomic E-state index is 11.6. The molecule has 0 bridgehead atoms. The van der Waals surface area contributed by atoms with Crippen molar-refractivity contribution in [3.05, 3.63) is 0 Å². The Morgan fingerprint density at radius 3 is 3.13 bits per heavy atom. The number of ether oxygens (including phenoxy) is 1. The highest BCUT2D eigenvalue weighted by Crippen LogP contribution is 2.03. The van der Waals surface area contributed by atoms with Crippen molar-refractivity contribution in [1.82, 2.24) is 10.2 Å². The molecule has 0 aromatic rings. The predicted octanol–water partition coefficient (Wildman–Crippen LogP) is -0.329. The van der Waals surface area contributed by atoms with Crippen molar-refractivity contribution in [3.63, 3.8) is 0 Å². The number of nitrogens with one attached hydrogen (secondary N) is 1. The fourth-order valence-corrected chi connectivity index (χ4v) is 1.44. The zero-order chi connectivity index (χ0) is 11.1. The van der Waals surface area contributed by atoms with Crippen LogP contribution in [0, 0.1) is 0 Å². The molecule has 1 amide bonds. The molecule has 0 spiro atoms. The molecule has 1 heterocycles. The van der Waals surface area contributed by atoms with Crippen molar-refractivity contribution in [2.24, 2.45) is 0 Å². The van der Waals surface area contributed by atoms with Gasteiger partial charge in [-0.1, -0.05) is 13.3 Å². The molecule has 0 aromatic carbocycles. The van der Waals surface area contributed by atoms with Crippen LogP contribution in [0.1, 0.15) is 19.8 Å². The minimum atomic E-state index is -0.506. The monoisotopic (exact) mass is 213 g/mol. The van der Waals surface area contributed by atoms with Crippen LogP contribution in [0.4, 0.5) is 0 Å². The van der Waals surface area contributed by atoms with Gasteiger partial charge in [-0.3, -0.25) is 4.79 Å². The zero-order valence-electron chi connectivity index (χ0n) is 8.99. The quantitative estimate of drug-likeness (QED) is 0.502. The Balaban J connectivity index is 2.38. The smallest absolute Gasteiger partial charge is 0.330 e. The fourth-order valence-electron chi connectivity index (χ4n) is 1.44. The molecule has 1 aliphatic rings. The van der Waals surface area contributed by atoms with Crippen LogP contribution in [-0.2, 0) is 14.3 Å². The Kier molecular flexibility index (Phi) is 5.10. The van der Waals surface area contributed by atoms with E-state index in [-0.39, 0.29) is 5.97 Å². The molecule has 1 radical (unpaired) electrons. The molecule has 0 aromatic heterocycles. The molecule has 1 unspecified atom stereocenters.